The number of Topliss-reactive ketones (excluding diaryl/α,β-unsaturated/α-hetero) is 1. The summed E-state index contributed by atoms with van der Waals surface area (Å²) in [4.78, 5) is 14.6. The third-order valence-corrected chi connectivity index (χ3v) is 1.57. The van der Waals surface area contributed by atoms with Gasteiger partial charge in [-0.2, -0.15) is 0 Å². The number of nitrogen functional groups attached to an aromatic ring is 1. The minimum Gasteiger partial charge on any atom is -0.397 e. The van der Waals surface area contributed by atoms with Crippen molar-refractivity contribution < 1.29 is 4.79 Å². The second kappa shape index (κ2) is 4.45. The summed E-state index contributed by atoms with van der Waals surface area (Å²) in [6, 6.07) is 3.55. The fourth-order valence-electron chi connectivity index (χ4n) is 0.876. The second-order valence-corrected chi connectivity index (χ2v) is 2.86. The molecule has 3 N–H and O–H groups in total. The molecular weight excluding hydrogens is 166 g/mol. The molecule has 0 unspecified atom stereocenters. The number of carbonyl (C=O) groups is 1. The molecule has 0 bridgehead atoms. The van der Waals surface area contributed by atoms with E-state index in [9.17, 15) is 4.79 Å². The Labute approximate surface area is 77.2 Å². The average molecular weight is 179 g/mol. The molecule has 0 amide bonds. The lowest BCUT2D eigenvalue weighted by Crippen LogP contribution is -2.06. The lowest BCUT2D eigenvalue weighted by molar-refractivity contribution is -0.116. The summed E-state index contributed by atoms with van der Waals surface area (Å²) in [6.07, 6.45) is 2.10. The quantitative estimate of drug-likeness (QED) is 0.725. The highest BCUT2D eigenvalue weighted by atomic mass is 16.1. The van der Waals surface area contributed by atoms with Gasteiger partial charge in [0.25, 0.3) is 0 Å². The molecule has 0 spiro atoms. The van der Waals surface area contributed by atoms with Gasteiger partial charge in [-0.3, -0.25) is 4.79 Å². The zero-order valence-electron chi connectivity index (χ0n) is 7.58. The van der Waals surface area contributed by atoms with Crippen LogP contribution >= 0.6 is 0 Å². The number of anilines is 2. The van der Waals surface area contributed by atoms with Gasteiger partial charge in [0.15, 0.2) is 0 Å². The summed E-state index contributed by atoms with van der Waals surface area (Å²) in [7, 11) is 0. The zero-order chi connectivity index (χ0) is 9.68. The maximum absolute atomic E-state index is 10.6. The highest BCUT2D eigenvalue weighted by Crippen LogP contribution is 2.05. The number of hydrogen-bond acceptors (Lipinski definition) is 4. The van der Waals surface area contributed by atoms with Gasteiger partial charge in [0.05, 0.1) is 11.9 Å². The molecule has 1 rings (SSSR count). The Hall–Kier alpha value is -1.58. The number of nitrogens with one attached hydrogen (secondary N) is 1. The molecule has 1 aromatic heterocycles. The molecule has 0 aliphatic heterocycles. The summed E-state index contributed by atoms with van der Waals surface area (Å²) in [6.45, 7) is 2.18. The van der Waals surface area contributed by atoms with Crippen molar-refractivity contribution in [2.24, 2.45) is 0 Å². The monoisotopic (exact) mass is 179 g/mol. The van der Waals surface area contributed by atoms with Gasteiger partial charge in [-0.05, 0) is 19.1 Å². The topological polar surface area (TPSA) is 68.0 Å². The third-order valence-electron chi connectivity index (χ3n) is 1.57. The predicted molar refractivity (Wildman–Crippen MR) is 52.4 cm³/mol. The standard InChI is InChI=1S/C9H13N3O/c1-7(13)4-5-11-9-3-2-8(10)6-12-9/h2-3,6H,4-5,10H2,1H3,(H,11,12). The highest BCUT2D eigenvalue weighted by molar-refractivity contribution is 5.75. The van der Waals surface area contributed by atoms with Gasteiger partial charge in [0.2, 0.25) is 0 Å². The minimum absolute atomic E-state index is 0.169. The van der Waals surface area contributed by atoms with Crippen LogP contribution in [0.3, 0.4) is 0 Å². The molecule has 0 atom stereocenters. The molecule has 4 nitrogen and oxygen atoms in total. The number of nitrogens with zero attached hydrogens (tertiary/aromatic N) is 1. The van der Waals surface area contributed by atoms with E-state index in [0.29, 0.717) is 18.7 Å². The fourth-order valence-corrected chi connectivity index (χ4v) is 0.876. The number of nitrogens with two attached hydrogens (primary N) is 1. The van der Waals surface area contributed by atoms with Crippen LogP contribution < -0.4 is 11.1 Å². The summed E-state index contributed by atoms with van der Waals surface area (Å²) < 4.78 is 0. The second-order valence-electron chi connectivity index (χ2n) is 2.86. The first kappa shape index (κ1) is 9.51. The first-order chi connectivity index (χ1) is 6.18. The molecule has 0 aliphatic carbocycles. The SMILES string of the molecule is CC(=O)CCNc1ccc(N)cn1. The Morgan fingerprint density at radius 2 is 2.38 bits per heavy atom. The molecule has 0 saturated carbocycles. The predicted octanol–water partition coefficient (Wildman–Crippen LogP) is 1.05. The molecule has 0 saturated heterocycles. The molecule has 0 aromatic carbocycles. The van der Waals surface area contributed by atoms with Crippen molar-refractivity contribution in [2.75, 3.05) is 17.6 Å². The van der Waals surface area contributed by atoms with E-state index in [1.807, 2.05) is 0 Å². The number of rotatable bonds is 4. The number of carbonyl (C=O) groups excluding carboxylic acids is 1. The van der Waals surface area contributed by atoms with E-state index in [1.165, 1.54) is 0 Å². The van der Waals surface area contributed by atoms with Gasteiger partial charge >= 0.3 is 0 Å². The maximum Gasteiger partial charge on any atom is 0.131 e. The Balaban J connectivity index is 2.37. The Morgan fingerprint density at radius 1 is 1.62 bits per heavy atom. The van der Waals surface area contributed by atoms with Gasteiger partial charge in [0.1, 0.15) is 11.6 Å². The van der Waals surface area contributed by atoms with Crippen LogP contribution in [-0.4, -0.2) is 17.3 Å². The van der Waals surface area contributed by atoms with Gasteiger partial charge < -0.3 is 11.1 Å². The van der Waals surface area contributed by atoms with Crippen molar-refractivity contribution in [1.82, 2.24) is 4.98 Å². The minimum atomic E-state index is 0.169. The van der Waals surface area contributed by atoms with Crippen molar-refractivity contribution in [3.63, 3.8) is 0 Å². The zero-order valence-corrected chi connectivity index (χ0v) is 7.58. The van der Waals surface area contributed by atoms with E-state index in [2.05, 4.69) is 10.3 Å². The van der Waals surface area contributed by atoms with Crippen molar-refractivity contribution in [3.8, 4) is 0 Å². The van der Waals surface area contributed by atoms with E-state index in [-0.39, 0.29) is 5.78 Å². The van der Waals surface area contributed by atoms with Crippen LogP contribution in [0.2, 0.25) is 0 Å². The fraction of sp³-hybridized carbons (Fsp3) is 0.333. The first-order valence-corrected chi connectivity index (χ1v) is 4.13. The Morgan fingerprint density at radius 3 is 2.92 bits per heavy atom. The number of ketones is 1. The number of hydrogen-bond donors (Lipinski definition) is 2. The molecule has 13 heavy (non-hydrogen) atoms. The average Bonchev–Trinajstić information content (AvgIpc) is 2.08. The van der Waals surface area contributed by atoms with E-state index < -0.39 is 0 Å². The van der Waals surface area contributed by atoms with Crippen molar-refractivity contribution in [2.45, 2.75) is 13.3 Å². The molecule has 1 heterocycles. The van der Waals surface area contributed by atoms with E-state index >= 15 is 0 Å². The Bertz CT molecular complexity index is 281. The summed E-state index contributed by atoms with van der Waals surface area (Å²) in [5.74, 6) is 0.915. The van der Waals surface area contributed by atoms with E-state index in [1.54, 1.807) is 25.3 Å². The van der Waals surface area contributed by atoms with Crippen LogP contribution in [0.1, 0.15) is 13.3 Å². The summed E-state index contributed by atoms with van der Waals surface area (Å²) >= 11 is 0. The number of pyridine rings is 1. The normalized spacial score (nSPS) is 9.62. The van der Waals surface area contributed by atoms with Crippen molar-refractivity contribution in [3.05, 3.63) is 18.3 Å². The van der Waals surface area contributed by atoms with E-state index in [0.717, 1.165) is 5.82 Å². The van der Waals surface area contributed by atoms with E-state index in [4.69, 9.17) is 5.73 Å². The molecule has 0 aliphatic rings. The molecule has 0 fully saturated rings. The molecule has 70 valence electrons. The van der Waals surface area contributed by atoms with Crippen LogP contribution in [0.25, 0.3) is 0 Å². The summed E-state index contributed by atoms with van der Waals surface area (Å²) in [5.41, 5.74) is 6.10. The molecule has 1 aromatic rings. The highest BCUT2D eigenvalue weighted by Gasteiger charge is 1.94. The first-order valence-electron chi connectivity index (χ1n) is 4.13. The lowest BCUT2D eigenvalue weighted by Gasteiger charge is -2.03. The maximum atomic E-state index is 10.6. The molecule has 4 heteroatoms. The van der Waals surface area contributed by atoms with Crippen LogP contribution in [0.15, 0.2) is 18.3 Å². The van der Waals surface area contributed by atoms with Crippen LogP contribution in [0, 0.1) is 0 Å². The van der Waals surface area contributed by atoms with Crippen LogP contribution in [-0.2, 0) is 4.79 Å². The lowest BCUT2D eigenvalue weighted by atomic mass is 10.3. The third kappa shape index (κ3) is 3.55. The van der Waals surface area contributed by atoms with Crippen LogP contribution in [0.4, 0.5) is 11.5 Å². The van der Waals surface area contributed by atoms with Gasteiger partial charge in [-0.25, -0.2) is 4.98 Å². The van der Waals surface area contributed by atoms with Crippen molar-refractivity contribution >= 4 is 17.3 Å². The molecule has 0 radical (unpaired) electrons. The van der Waals surface area contributed by atoms with Crippen molar-refractivity contribution in [1.29, 1.82) is 0 Å². The van der Waals surface area contributed by atoms with Gasteiger partial charge in [-0.1, -0.05) is 0 Å². The Kier molecular flexibility index (Phi) is 3.25. The molecular formula is C9H13N3O. The summed E-state index contributed by atoms with van der Waals surface area (Å²) in [5, 5.41) is 3.02. The smallest absolute Gasteiger partial charge is 0.131 e. The van der Waals surface area contributed by atoms with Gasteiger partial charge in [-0.15, -0.1) is 0 Å². The number of aromatic nitrogens is 1. The largest absolute Gasteiger partial charge is 0.397 e. The van der Waals surface area contributed by atoms with Crippen LogP contribution in [0.5, 0.6) is 0 Å². The van der Waals surface area contributed by atoms with Gasteiger partial charge in [0, 0.05) is 13.0 Å².